The Balaban J connectivity index is 2.20. The molecule has 0 fully saturated rings. The number of rotatable bonds is 6. The summed E-state index contributed by atoms with van der Waals surface area (Å²) in [7, 11) is -3.72. The van der Waals surface area contributed by atoms with Gasteiger partial charge in [0.2, 0.25) is 0 Å². The van der Waals surface area contributed by atoms with Gasteiger partial charge < -0.3 is 9.05 Å². The number of anilines is 1. The molecule has 1 aliphatic rings. The molecular formula is C20H23ClNO4P. The predicted octanol–water partition coefficient (Wildman–Crippen LogP) is 6.04. The lowest BCUT2D eigenvalue weighted by Gasteiger charge is -2.33. The fraction of sp³-hybridized carbons (Fsp3) is 0.350. The molecule has 0 aromatic heterocycles. The van der Waals surface area contributed by atoms with Gasteiger partial charge >= 0.3 is 7.60 Å². The van der Waals surface area contributed by atoms with Crippen molar-refractivity contribution in [1.29, 1.82) is 0 Å². The summed E-state index contributed by atoms with van der Waals surface area (Å²) in [6.45, 7) is 7.18. The van der Waals surface area contributed by atoms with Crippen LogP contribution in [0.25, 0.3) is 0 Å². The van der Waals surface area contributed by atoms with Crippen LogP contribution < -0.4 is 4.90 Å². The highest BCUT2D eigenvalue weighted by atomic mass is 35.5. The van der Waals surface area contributed by atoms with Gasteiger partial charge in [-0.2, -0.15) is 0 Å². The Morgan fingerprint density at radius 3 is 2.22 bits per heavy atom. The van der Waals surface area contributed by atoms with Crippen LogP contribution in [0.1, 0.15) is 49.4 Å². The number of carbonyl (C=O) groups excluding carboxylic acids is 1. The van der Waals surface area contributed by atoms with E-state index < -0.39 is 13.4 Å². The normalized spacial score (nSPS) is 17.1. The molecule has 3 rings (SSSR count). The molecule has 144 valence electrons. The highest BCUT2D eigenvalue weighted by molar-refractivity contribution is 7.54. The first-order valence-corrected chi connectivity index (χ1v) is 10.9. The second kappa shape index (κ2) is 7.76. The van der Waals surface area contributed by atoms with E-state index in [0.717, 1.165) is 0 Å². The summed E-state index contributed by atoms with van der Waals surface area (Å²) in [5, 5.41) is 0.486. The molecule has 0 radical (unpaired) electrons. The largest absolute Gasteiger partial charge is 0.358 e. The quantitative estimate of drug-likeness (QED) is 0.547. The van der Waals surface area contributed by atoms with Crippen molar-refractivity contribution in [2.45, 2.75) is 45.7 Å². The van der Waals surface area contributed by atoms with Crippen molar-refractivity contribution in [3.8, 4) is 0 Å². The average molecular weight is 408 g/mol. The molecule has 2 aromatic rings. The van der Waals surface area contributed by atoms with Gasteiger partial charge in [-0.3, -0.25) is 14.3 Å². The molecule has 0 aliphatic carbocycles. The first-order valence-electron chi connectivity index (χ1n) is 8.87. The number of nitrogens with zero attached hydrogens (tertiary/aromatic N) is 1. The van der Waals surface area contributed by atoms with Gasteiger partial charge in [0, 0.05) is 16.3 Å². The summed E-state index contributed by atoms with van der Waals surface area (Å²) in [4.78, 5) is 14.7. The predicted molar refractivity (Wildman–Crippen MR) is 107 cm³/mol. The summed E-state index contributed by atoms with van der Waals surface area (Å²) in [5.74, 6) is -1.12. The molecule has 0 N–H and O–H groups in total. The molecule has 1 heterocycles. The number of halogens is 1. The van der Waals surface area contributed by atoms with Gasteiger partial charge in [0.1, 0.15) is 0 Å². The molecular weight excluding hydrogens is 385 g/mol. The van der Waals surface area contributed by atoms with E-state index in [2.05, 4.69) is 0 Å². The van der Waals surface area contributed by atoms with Gasteiger partial charge in [-0.05, 0) is 57.5 Å². The van der Waals surface area contributed by atoms with Crippen molar-refractivity contribution in [3.05, 3.63) is 64.7 Å². The van der Waals surface area contributed by atoms with Gasteiger partial charge in [-0.15, -0.1) is 0 Å². The van der Waals surface area contributed by atoms with E-state index in [-0.39, 0.29) is 18.1 Å². The third-order valence-corrected chi connectivity index (χ3v) is 6.81. The molecule has 7 heteroatoms. The summed E-state index contributed by atoms with van der Waals surface area (Å²) >= 11 is 6.14. The summed E-state index contributed by atoms with van der Waals surface area (Å²) in [6, 6.07) is 14.0. The van der Waals surface area contributed by atoms with Crippen molar-refractivity contribution in [1.82, 2.24) is 0 Å². The maximum Gasteiger partial charge on any atom is 0.358 e. The van der Waals surface area contributed by atoms with E-state index >= 15 is 0 Å². The third kappa shape index (κ3) is 3.97. The second-order valence-corrected chi connectivity index (χ2v) is 9.39. The van der Waals surface area contributed by atoms with Crippen molar-refractivity contribution in [2.75, 3.05) is 4.90 Å². The zero-order valence-electron chi connectivity index (χ0n) is 15.8. The molecule has 0 saturated heterocycles. The monoisotopic (exact) mass is 407 g/mol. The van der Waals surface area contributed by atoms with E-state index in [1.165, 1.54) is 4.90 Å². The molecule has 0 spiro atoms. The molecule has 0 bridgehead atoms. The van der Waals surface area contributed by atoms with Crippen LogP contribution in [0, 0.1) is 0 Å². The van der Waals surface area contributed by atoms with Gasteiger partial charge in [0.15, 0.2) is 5.78 Å². The summed E-state index contributed by atoms with van der Waals surface area (Å²) in [6.07, 6.45) is -0.669. The standard InChI is InChI=1S/C20H23ClNO4P/c1-13(2)25-27(24,26-14(3)4)20-18-11-6-5-10-17(18)19(23)22(20)16-9-7-8-15(21)12-16/h5-14,20H,1-4H3. The topological polar surface area (TPSA) is 55.8 Å². The maximum atomic E-state index is 13.9. The van der Waals surface area contributed by atoms with Crippen molar-refractivity contribution in [3.63, 3.8) is 0 Å². The van der Waals surface area contributed by atoms with Crippen LogP contribution in [-0.4, -0.2) is 18.1 Å². The van der Waals surface area contributed by atoms with Gasteiger partial charge in [0.05, 0.1) is 12.2 Å². The molecule has 0 saturated carbocycles. The van der Waals surface area contributed by atoms with Crippen LogP contribution in [0.3, 0.4) is 0 Å². The van der Waals surface area contributed by atoms with Crippen LogP contribution in [0.5, 0.6) is 0 Å². The second-order valence-electron chi connectivity index (χ2n) is 6.96. The molecule has 1 amide bonds. The number of carbonyl (C=O) groups is 1. The maximum absolute atomic E-state index is 13.9. The lowest BCUT2D eigenvalue weighted by Crippen LogP contribution is -2.30. The number of hydrogen-bond donors (Lipinski definition) is 0. The number of fused-ring (bicyclic) bond motifs is 1. The SMILES string of the molecule is CC(C)OP(=O)(OC(C)C)C1c2ccccc2C(=O)N1c1cccc(Cl)c1. The number of benzene rings is 2. The van der Waals surface area contributed by atoms with E-state index in [0.29, 0.717) is 21.8 Å². The van der Waals surface area contributed by atoms with Crippen LogP contribution in [0.15, 0.2) is 48.5 Å². The van der Waals surface area contributed by atoms with Gasteiger partial charge in [-0.25, -0.2) is 0 Å². The number of amides is 1. The minimum atomic E-state index is -3.72. The molecule has 2 aromatic carbocycles. The summed E-state index contributed by atoms with van der Waals surface area (Å²) < 4.78 is 25.6. The third-order valence-electron chi connectivity index (χ3n) is 4.03. The van der Waals surface area contributed by atoms with E-state index in [1.807, 2.05) is 6.07 Å². The first kappa shape index (κ1) is 20.1. The molecule has 1 aliphatic heterocycles. The smallest absolute Gasteiger partial charge is 0.304 e. The lowest BCUT2D eigenvalue weighted by atomic mass is 10.1. The Morgan fingerprint density at radius 1 is 1.00 bits per heavy atom. The fourth-order valence-corrected chi connectivity index (χ4v) is 5.95. The van der Waals surface area contributed by atoms with Crippen LogP contribution >= 0.6 is 19.2 Å². The Labute approximate surface area is 164 Å². The van der Waals surface area contributed by atoms with Crippen molar-refractivity contribution < 1.29 is 18.4 Å². The van der Waals surface area contributed by atoms with Crippen LogP contribution in [-0.2, 0) is 13.6 Å². The minimum Gasteiger partial charge on any atom is -0.304 e. The fourth-order valence-electron chi connectivity index (χ4n) is 3.22. The zero-order valence-corrected chi connectivity index (χ0v) is 17.4. The highest BCUT2D eigenvalue weighted by Gasteiger charge is 2.51. The Kier molecular flexibility index (Phi) is 5.78. The van der Waals surface area contributed by atoms with Gasteiger partial charge in [-0.1, -0.05) is 35.9 Å². The van der Waals surface area contributed by atoms with E-state index in [1.54, 1.807) is 70.2 Å². The molecule has 27 heavy (non-hydrogen) atoms. The van der Waals surface area contributed by atoms with E-state index in [4.69, 9.17) is 20.6 Å². The highest BCUT2D eigenvalue weighted by Crippen LogP contribution is 2.66. The first-order chi connectivity index (χ1) is 12.7. The molecule has 5 nitrogen and oxygen atoms in total. The molecule has 1 unspecified atom stereocenters. The Bertz CT molecular complexity index is 885. The van der Waals surface area contributed by atoms with Crippen LogP contribution in [0.2, 0.25) is 5.02 Å². The Morgan fingerprint density at radius 2 is 1.63 bits per heavy atom. The van der Waals surface area contributed by atoms with Gasteiger partial charge in [0.25, 0.3) is 5.91 Å². The van der Waals surface area contributed by atoms with Crippen LogP contribution in [0.4, 0.5) is 5.69 Å². The number of hydrogen-bond acceptors (Lipinski definition) is 4. The average Bonchev–Trinajstić information content (AvgIpc) is 2.87. The van der Waals surface area contributed by atoms with E-state index in [9.17, 15) is 9.36 Å². The Hall–Kier alpha value is -1.65. The van der Waals surface area contributed by atoms with Crippen molar-refractivity contribution >= 4 is 30.8 Å². The zero-order chi connectivity index (χ0) is 19.8. The lowest BCUT2D eigenvalue weighted by molar-refractivity contribution is 0.0981. The van der Waals surface area contributed by atoms with Crippen molar-refractivity contribution in [2.24, 2.45) is 0 Å². The molecule has 1 atom stereocenters. The minimum absolute atomic E-state index is 0.252. The summed E-state index contributed by atoms with van der Waals surface area (Å²) in [5.41, 5.74) is 1.67.